The summed E-state index contributed by atoms with van der Waals surface area (Å²) in [6.45, 7) is 0. The van der Waals surface area contributed by atoms with Crippen molar-refractivity contribution in [1.29, 1.82) is 0 Å². The fraction of sp³-hybridized carbons (Fsp3) is 0.111. The summed E-state index contributed by atoms with van der Waals surface area (Å²) in [5.74, 6) is 0.655. The largest absolute Gasteiger partial charge is 0.494 e. The Kier molecular flexibility index (Phi) is 5.60. The lowest BCUT2D eigenvalue weighted by atomic mass is 10.1. The van der Waals surface area contributed by atoms with Gasteiger partial charge in [-0.05, 0) is 29.3 Å². The summed E-state index contributed by atoms with van der Waals surface area (Å²) in [7, 11) is 1.63. The van der Waals surface area contributed by atoms with Gasteiger partial charge in [0.1, 0.15) is 17.1 Å². The third-order valence-corrected chi connectivity index (χ3v) is 3.51. The number of fused-ring (bicyclic) bond motifs is 1. The molecule has 124 valence electrons. The zero-order valence-corrected chi connectivity index (χ0v) is 13.8. The van der Waals surface area contributed by atoms with Gasteiger partial charge in [-0.3, -0.25) is 0 Å². The van der Waals surface area contributed by atoms with Gasteiger partial charge in [0.2, 0.25) is 0 Å². The van der Waals surface area contributed by atoms with Crippen molar-refractivity contribution >= 4 is 35.5 Å². The molecule has 2 N–H and O–H groups in total. The number of nitrogens with zero attached hydrogens (tertiary/aromatic N) is 1. The Balaban J connectivity index is 0.00000208. The third-order valence-electron chi connectivity index (χ3n) is 3.51. The predicted molar refractivity (Wildman–Crippen MR) is 95.8 cm³/mol. The number of rotatable bonds is 5. The Morgan fingerprint density at radius 1 is 1.25 bits per heavy atom. The normalized spacial score (nSPS) is 10.7. The van der Waals surface area contributed by atoms with Crippen LogP contribution in [0.3, 0.4) is 0 Å². The molecule has 0 aliphatic rings. The number of hydrogen-bond donors (Lipinski definition) is 2. The first-order valence-corrected chi connectivity index (χ1v) is 7.17. The number of ether oxygens (including phenoxy) is 1. The number of benzene rings is 2. The maximum Gasteiger partial charge on any atom is 0.328 e. The lowest BCUT2D eigenvalue weighted by Crippen LogP contribution is -1.91. The van der Waals surface area contributed by atoms with E-state index in [4.69, 9.17) is 9.84 Å². The molecule has 0 aliphatic carbocycles. The quantitative estimate of drug-likeness (QED) is 0.692. The fourth-order valence-electron chi connectivity index (χ4n) is 2.41. The molecule has 3 aromatic rings. The summed E-state index contributed by atoms with van der Waals surface area (Å²) in [6.07, 6.45) is 3.36. The first-order chi connectivity index (χ1) is 11.2. The number of para-hydroxylation sites is 1. The van der Waals surface area contributed by atoms with E-state index < -0.39 is 5.97 Å². The van der Waals surface area contributed by atoms with Gasteiger partial charge in [-0.15, -0.1) is 12.4 Å². The number of carbonyl (C=O) groups is 1. The van der Waals surface area contributed by atoms with Crippen LogP contribution in [0.1, 0.15) is 17.0 Å². The van der Waals surface area contributed by atoms with Gasteiger partial charge in [-0.2, -0.15) is 0 Å². The first-order valence-electron chi connectivity index (χ1n) is 7.17. The molecule has 2 aromatic carbocycles. The van der Waals surface area contributed by atoms with Gasteiger partial charge in [-0.1, -0.05) is 30.3 Å². The van der Waals surface area contributed by atoms with Crippen LogP contribution in [0.25, 0.3) is 17.1 Å². The summed E-state index contributed by atoms with van der Waals surface area (Å²) in [6, 6.07) is 13.5. The summed E-state index contributed by atoms with van der Waals surface area (Å²) < 4.78 is 5.31. The van der Waals surface area contributed by atoms with Crippen molar-refractivity contribution in [1.82, 2.24) is 9.97 Å². The maximum absolute atomic E-state index is 10.5. The molecule has 6 heteroatoms. The van der Waals surface area contributed by atoms with Crippen LogP contribution in [0.15, 0.2) is 48.5 Å². The van der Waals surface area contributed by atoms with Crippen molar-refractivity contribution in [3.8, 4) is 5.75 Å². The maximum atomic E-state index is 10.5. The lowest BCUT2D eigenvalue weighted by Gasteiger charge is -1.99. The number of halogens is 1. The molecule has 0 bridgehead atoms. The molecule has 0 radical (unpaired) electrons. The molecule has 0 saturated heterocycles. The van der Waals surface area contributed by atoms with Gasteiger partial charge >= 0.3 is 5.97 Å². The van der Waals surface area contributed by atoms with E-state index >= 15 is 0 Å². The molecule has 0 spiro atoms. The second-order valence-corrected chi connectivity index (χ2v) is 5.13. The molecule has 0 amide bonds. The van der Waals surface area contributed by atoms with Crippen LogP contribution in [-0.4, -0.2) is 28.2 Å². The van der Waals surface area contributed by atoms with Gasteiger partial charge < -0.3 is 14.8 Å². The van der Waals surface area contributed by atoms with Crippen LogP contribution in [0, 0.1) is 0 Å². The monoisotopic (exact) mass is 344 g/mol. The number of carboxylic acid groups (broad SMARTS) is 1. The molecule has 0 saturated carbocycles. The number of hydrogen-bond acceptors (Lipinski definition) is 3. The second-order valence-electron chi connectivity index (χ2n) is 5.13. The number of methoxy groups -OCH3 is 1. The summed E-state index contributed by atoms with van der Waals surface area (Å²) in [4.78, 5) is 18.4. The smallest absolute Gasteiger partial charge is 0.328 e. The van der Waals surface area contributed by atoms with E-state index in [2.05, 4.69) is 9.97 Å². The standard InChI is InChI=1S/C18H16N2O3.ClH/c1-23-15-4-2-3-14-18(15)20-16(19-14)11-13-7-5-12(6-8-13)9-10-17(21)22;/h2-10H,11H2,1H3,(H,19,20)(H,21,22);1H/b10-9+;. The highest BCUT2D eigenvalue weighted by Gasteiger charge is 2.08. The number of aromatic amines is 1. The molecule has 1 heterocycles. The Hall–Kier alpha value is -2.79. The number of imidazole rings is 1. The molecular weight excluding hydrogens is 328 g/mol. The average Bonchev–Trinajstić information content (AvgIpc) is 2.96. The van der Waals surface area contributed by atoms with Gasteiger partial charge in [0.15, 0.2) is 0 Å². The Morgan fingerprint density at radius 3 is 2.67 bits per heavy atom. The number of aliphatic carboxylic acids is 1. The first kappa shape index (κ1) is 17.6. The highest BCUT2D eigenvalue weighted by Crippen LogP contribution is 2.23. The van der Waals surface area contributed by atoms with Gasteiger partial charge in [0.05, 0.1) is 12.6 Å². The van der Waals surface area contributed by atoms with Crippen LogP contribution in [0.2, 0.25) is 0 Å². The summed E-state index contributed by atoms with van der Waals surface area (Å²) in [5.41, 5.74) is 3.71. The number of carboxylic acids is 1. The lowest BCUT2D eigenvalue weighted by molar-refractivity contribution is -0.131. The summed E-state index contributed by atoms with van der Waals surface area (Å²) >= 11 is 0. The summed E-state index contributed by atoms with van der Waals surface area (Å²) in [5, 5.41) is 8.63. The average molecular weight is 345 g/mol. The molecule has 0 aliphatic heterocycles. The van der Waals surface area contributed by atoms with Crippen molar-refractivity contribution < 1.29 is 14.6 Å². The van der Waals surface area contributed by atoms with Gasteiger partial charge in [0.25, 0.3) is 0 Å². The highest BCUT2D eigenvalue weighted by atomic mass is 35.5. The van der Waals surface area contributed by atoms with Crippen molar-refractivity contribution in [2.75, 3.05) is 7.11 Å². The van der Waals surface area contributed by atoms with Crippen LogP contribution in [-0.2, 0) is 11.2 Å². The van der Waals surface area contributed by atoms with Crippen molar-refractivity contribution in [3.05, 3.63) is 65.5 Å². The Labute approximate surface area is 145 Å². The fourth-order valence-corrected chi connectivity index (χ4v) is 2.41. The highest BCUT2D eigenvalue weighted by molar-refractivity contribution is 5.85. The molecule has 24 heavy (non-hydrogen) atoms. The van der Waals surface area contributed by atoms with Crippen molar-refractivity contribution in [3.63, 3.8) is 0 Å². The Bertz CT molecular complexity index is 870. The predicted octanol–water partition coefficient (Wildman–Crippen LogP) is 3.68. The molecular formula is C18H17ClN2O3. The second kappa shape index (κ2) is 7.66. The van der Waals surface area contributed by atoms with Crippen LogP contribution < -0.4 is 4.74 Å². The van der Waals surface area contributed by atoms with Gasteiger partial charge in [-0.25, -0.2) is 9.78 Å². The molecule has 0 fully saturated rings. The minimum atomic E-state index is -0.953. The van der Waals surface area contributed by atoms with Crippen molar-refractivity contribution in [2.45, 2.75) is 6.42 Å². The topological polar surface area (TPSA) is 75.2 Å². The molecule has 5 nitrogen and oxygen atoms in total. The number of nitrogens with one attached hydrogen (secondary N) is 1. The van der Waals surface area contributed by atoms with Crippen molar-refractivity contribution in [2.24, 2.45) is 0 Å². The number of H-pyrrole nitrogens is 1. The van der Waals surface area contributed by atoms with E-state index in [0.717, 1.165) is 39.8 Å². The van der Waals surface area contributed by atoms with E-state index in [1.165, 1.54) is 0 Å². The third kappa shape index (κ3) is 3.94. The van der Waals surface area contributed by atoms with E-state index in [9.17, 15) is 4.79 Å². The zero-order chi connectivity index (χ0) is 16.2. The number of aromatic nitrogens is 2. The van der Waals surface area contributed by atoms with E-state index in [1.807, 2.05) is 42.5 Å². The molecule has 0 atom stereocenters. The minimum Gasteiger partial charge on any atom is -0.494 e. The zero-order valence-electron chi connectivity index (χ0n) is 13.0. The van der Waals surface area contributed by atoms with Crippen LogP contribution in [0.5, 0.6) is 5.75 Å². The van der Waals surface area contributed by atoms with E-state index in [1.54, 1.807) is 13.2 Å². The Morgan fingerprint density at radius 2 is 2.00 bits per heavy atom. The SMILES string of the molecule is COc1cccc2[nH]c(Cc3ccc(/C=C/C(=O)O)cc3)nc12.Cl. The van der Waals surface area contributed by atoms with Gasteiger partial charge in [0, 0.05) is 12.5 Å². The molecule has 1 aromatic heterocycles. The van der Waals surface area contributed by atoms with Crippen LogP contribution >= 0.6 is 12.4 Å². The van der Waals surface area contributed by atoms with E-state index in [-0.39, 0.29) is 12.4 Å². The molecule has 0 unspecified atom stereocenters. The molecule has 3 rings (SSSR count). The van der Waals surface area contributed by atoms with E-state index in [0.29, 0.717) is 6.42 Å². The van der Waals surface area contributed by atoms with Crippen LogP contribution in [0.4, 0.5) is 0 Å². The minimum absolute atomic E-state index is 0.